The molecule has 1 heterocycles. The molecule has 0 radical (unpaired) electrons. The molecule has 0 unspecified atom stereocenters. The quantitative estimate of drug-likeness (QED) is 0.764. The number of hydrogen-bond donors (Lipinski definition) is 0. The van der Waals surface area contributed by atoms with Crippen molar-refractivity contribution in [3.63, 3.8) is 0 Å². The second kappa shape index (κ2) is 4.64. The third-order valence-corrected chi connectivity index (χ3v) is 2.73. The van der Waals surface area contributed by atoms with Gasteiger partial charge in [-0.15, -0.1) is 0 Å². The van der Waals surface area contributed by atoms with Crippen LogP contribution in [0, 0.1) is 0 Å². The molecule has 0 saturated carbocycles. The minimum Gasteiger partial charge on any atom is -0.287 e. The summed E-state index contributed by atoms with van der Waals surface area (Å²) in [6, 6.07) is 10.1. The van der Waals surface area contributed by atoms with E-state index in [1.54, 1.807) is 36.4 Å². The number of carbonyl (C=O) groups is 1. The molecule has 0 saturated heterocycles. The number of benzene rings is 1. The Kier molecular flexibility index (Phi) is 3.22. The number of halogens is 2. The predicted molar refractivity (Wildman–Crippen MR) is 64.1 cm³/mol. The van der Waals surface area contributed by atoms with Crippen molar-refractivity contribution in [3.05, 3.63) is 63.9 Å². The fraction of sp³-hybridized carbons (Fsp3) is 0. The topological polar surface area (TPSA) is 30.0 Å². The summed E-state index contributed by atoms with van der Waals surface area (Å²) in [5, 5.41) is 0.724. The molecule has 1 aromatic heterocycles. The maximum atomic E-state index is 12.1. The molecule has 2 rings (SSSR count). The zero-order valence-electron chi connectivity index (χ0n) is 8.15. The van der Waals surface area contributed by atoms with E-state index >= 15 is 0 Å². The van der Waals surface area contributed by atoms with Crippen LogP contribution in [0.2, 0.25) is 10.0 Å². The first-order chi connectivity index (χ1) is 7.70. The van der Waals surface area contributed by atoms with Crippen LogP contribution < -0.4 is 0 Å². The van der Waals surface area contributed by atoms with Crippen molar-refractivity contribution < 1.29 is 4.79 Å². The lowest BCUT2D eigenvalue weighted by Gasteiger charge is -2.03. The number of hydrogen-bond acceptors (Lipinski definition) is 2. The van der Waals surface area contributed by atoms with Crippen molar-refractivity contribution in [3.8, 4) is 0 Å². The van der Waals surface area contributed by atoms with E-state index in [1.807, 2.05) is 0 Å². The Morgan fingerprint density at radius 1 is 1.00 bits per heavy atom. The average Bonchev–Trinajstić information content (AvgIpc) is 2.29. The monoisotopic (exact) mass is 251 g/mol. The van der Waals surface area contributed by atoms with Crippen LogP contribution in [-0.4, -0.2) is 10.8 Å². The summed E-state index contributed by atoms with van der Waals surface area (Å²) in [7, 11) is 0. The molecule has 0 aliphatic carbocycles. The van der Waals surface area contributed by atoms with Crippen LogP contribution in [0.1, 0.15) is 16.1 Å². The van der Waals surface area contributed by atoms with Crippen molar-refractivity contribution in [1.82, 2.24) is 4.98 Å². The van der Waals surface area contributed by atoms with E-state index in [2.05, 4.69) is 4.98 Å². The third-order valence-electron chi connectivity index (χ3n) is 2.09. The van der Waals surface area contributed by atoms with Gasteiger partial charge in [0, 0.05) is 11.8 Å². The Morgan fingerprint density at radius 3 is 2.38 bits per heavy atom. The van der Waals surface area contributed by atoms with Gasteiger partial charge in [-0.1, -0.05) is 35.3 Å². The molecule has 0 N–H and O–H groups in total. The molecular formula is C12H7Cl2NO. The molecule has 4 heteroatoms. The van der Waals surface area contributed by atoms with Crippen molar-refractivity contribution in [2.75, 3.05) is 0 Å². The van der Waals surface area contributed by atoms with Crippen LogP contribution in [0.25, 0.3) is 0 Å². The van der Waals surface area contributed by atoms with Gasteiger partial charge in [0.1, 0.15) is 5.69 Å². The van der Waals surface area contributed by atoms with Gasteiger partial charge in [-0.3, -0.25) is 9.78 Å². The van der Waals surface area contributed by atoms with Gasteiger partial charge in [0.2, 0.25) is 5.78 Å². The molecule has 80 valence electrons. The fourth-order valence-corrected chi connectivity index (χ4v) is 1.75. The van der Waals surface area contributed by atoms with Crippen LogP contribution in [-0.2, 0) is 0 Å². The summed E-state index contributed by atoms with van der Waals surface area (Å²) in [4.78, 5) is 16.0. The van der Waals surface area contributed by atoms with Gasteiger partial charge in [-0.05, 0) is 24.3 Å². The van der Waals surface area contributed by atoms with Crippen LogP contribution in [0.4, 0.5) is 0 Å². The predicted octanol–water partition coefficient (Wildman–Crippen LogP) is 3.62. The van der Waals surface area contributed by atoms with Gasteiger partial charge in [0.25, 0.3) is 0 Å². The van der Waals surface area contributed by atoms with Gasteiger partial charge < -0.3 is 0 Å². The number of pyridine rings is 1. The highest BCUT2D eigenvalue weighted by atomic mass is 35.5. The van der Waals surface area contributed by atoms with Crippen LogP contribution in [0.15, 0.2) is 42.6 Å². The fourth-order valence-electron chi connectivity index (χ4n) is 1.33. The SMILES string of the molecule is O=C(c1ccccc1Cl)c1ncccc1Cl. The van der Waals surface area contributed by atoms with E-state index in [0.29, 0.717) is 15.6 Å². The minimum absolute atomic E-state index is 0.220. The van der Waals surface area contributed by atoms with Gasteiger partial charge in [0.05, 0.1) is 10.0 Å². The number of carbonyl (C=O) groups excluding carboxylic acids is 1. The molecular weight excluding hydrogens is 245 g/mol. The molecule has 0 atom stereocenters. The Bertz CT molecular complexity index is 493. The molecule has 16 heavy (non-hydrogen) atoms. The largest absolute Gasteiger partial charge is 0.287 e. The molecule has 0 aliphatic rings. The zero-order chi connectivity index (χ0) is 11.5. The number of ketones is 1. The molecule has 2 nitrogen and oxygen atoms in total. The van der Waals surface area contributed by atoms with E-state index in [0.717, 1.165) is 0 Å². The van der Waals surface area contributed by atoms with Crippen molar-refractivity contribution in [2.24, 2.45) is 0 Å². The van der Waals surface area contributed by atoms with Gasteiger partial charge in [-0.25, -0.2) is 0 Å². The first kappa shape index (κ1) is 11.1. The summed E-state index contributed by atoms with van der Waals surface area (Å²) >= 11 is 11.8. The lowest BCUT2D eigenvalue weighted by molar-refractivity contribution is 0.103. The molecule has 0 spiro atoms. The second-order valence-electron chi connectivity index (χ2n) is 3.14. The van der Waals surface area contributed by atoms with Crippen LogP contribution in [0.3, 0.4) is 0 Å². The van der Waals surface area contributed by atoms with Crippen molar-refractivity contribution in [2.45, 2.75) is 0 Å². The molecule has 1 aromatic carbocycles. The zero-order valence-corrected chi connectivity index (χ0v) is 9.66. The summed E-state index contributed by atoms with van der Waals surface area (Å²) < 4.78 is 0. The maximum absolute atomic E-state index is 12.1. The first-order valence-electron chi connectivity index (χ1n) is 4.60. The van der Waals surface area contributed by atoms with E-state index in [-0.39, 0.29) is 11.5 Å². The lowest BCUT2D eigenvalue weighted by atomic mass is 10.1. The van der Waals surface area contributed by atoms with Gasteiger partial charge >= 0.3 is 0 Å². The Morgan fingerprint density at radius 2 is 1.69 bits per heavy atom. The lowest BCUT2D eigenvalue weighted by Crippen LogP contribution is -2.05. The van der Waals surface area contributed by atoms with E-state index in [9.17, 15) is 4.79 Å². The molecule has 0 aliphatic heterocycles. The van der Waals surface area contributed by atoms with Gasteiger partial charge in [-0.2, -0.15) is 0 Å². The summed E-state index contributed by atoms with van der Waals surface area (Å²) in [6.07, 6.45) is 1.52. The summed E-state index contributed by atoms with van der Waals surface area (Å²) in [5.74, 6) is -0.267. The third kappa shape index (κ3) is 2.08. The van der Waals surface area contributed by atoms with E-state index in [1.165, 1.54) is 6.20 Å². The molecule has 0 amide bonds. The molecule has 0 fully saturated rings. The number of rotatable bonds is 2. The standard InChI is InChI=1S/C12H7Cl2NO/c13-9-5-2-1-4-8(9)12(16)11-10(14)6-3-7-15-11/h1-7H. The number of aromatic nitrogens is 1. The van der Waals surface area contributed by atoms with Crippen LogP contribution in [0.5, 0.6) is 0 Å². The summed E-state index contributed by atoms with van der Waals surface area (Å²) in [5.41, 5.74) is 0.627. The maximum Gasteiger partial charge on any atom is 0.214 e. The minimum atomic E-state index is -0.267. The highest BCUT2D eigenvalue weighted by Crippen LogP contribution is 2.21. The van der Waals surface area contributed by atoms with Crippen molar-refractivity contribution >= 4 is 29.0 Å². The van der Waals surface area contributed by atoms with E-state index in [4.69, 9.17) is 23.2 Å². The summed E-state index contributed by atoms with van der Waals surface area (Å²) in [6.45, 7) is 0. The number of nitrogens with zero attached hydrogens (tertiary/aromatic N) is 1. The van der Waals surface area contributed by atoms with Gasteiger partial charge in [0.15, 0.2) is 0 Å². The highest BCUT2D eigenvalue weighted by molar-refractivity contribution is 6.37. The first-order valence-corrected chi connectivity index (χ1v) is 5.35. The normalized spacial score (nSPS) is 10.1. The van der Waals surface area contributed by atoms with Crippen molar-refractivity contribution in [1.29, 1.82) is 0 Å². The highest BCUT2D eigenvalue weighted by Gasteiger charge is 2.16. The average molecular weight is 252 g/mol. The smallest absolute Gasteiger partial charge is 0.214 e. The Labute approximate surface area is 103 Å². The molecule has 2 aromatic rings. The Balaban J connectivity index is 2.48. The van der Waals surface area contributed by atoms with E-state index < -0.39 is 0 Å². The Hall–Kier alpha value is -1.38. The van der Waals surface area contributed by atoms with Crippen LogP contribution >= 0.6 is 23.2 Å². The second-order valence-corrected chi connectivity index (χ2v) is 3.96. The molecule has 0 bridgehead atoms.